The first kappa shape index (κ1) is 13.9. The number of hydrogen-bond donors (Lipinski definition) is 1. The maximum atomic E-state index is 12.6. The minimum atomic E-state index is -0.305. The number of carbonyl (C=O) groups excluding carboxylic acids is 1. The number of hydrogen-bond acceptors (Lipinski definition) is 5. The van der Waals surface area contributed by atoms with E-state index >= 15 is 0 Å². The molecule has 6 nitrogen and oxygen atoms in total. The van der Waals surface area contributed by atoms with Crippen LogP contribution in [0.2, 0.25) is 0 Å². The molecule has 1 amide bonds. The summed E-state index contributed by atoms with van der Waals surface area (Å²) in [5, 5.41) is 3.10. The number of carbonyl (C=O) groups is 1. The first-order valence-electron chi connectivity index (χ1n) is 6.69. The third kappa shape index (κ3) is 3.18. The molecule has 3 rings (SSSR count). The van der Waals surface area contributed by atoms with Crippen LogP contribution in [0.3, 0.4) is 0 Å². The summed E-state index contributed by atoms with van der Waals surface area (Å²) in [5.41, 5.74) is 0.825. The van der Waals surface area contributed by atoms with Crippen LogP contribution in [0.15, 0.2) is 41.4 Å². The van der Waals surface area contributed by atoms with Crippen molar-refractivity contribution in [3.63, 3.8) is 0 Å². The van der Waals surface area contributed by atoms with Crippen LogP contribution in [-0.2, 0) is 4.79 Å². The van der Waals surface area contributed by atoms with Crippen LogP contribution in [0.5, 0.6) is 0 Å². The van der Waals surface area contributed by atoms with Crippen LogP contribution in [0.1, 0.15) is 12.8 Å². The Morgan fingerprint density at radius 1 is 1.29 bits per heavy atom. The summed E-state index contributed by atoms with van der Waals surface area (Å²) in [6.07, 6.45) is 8.41. The Balaban J connectivity index is 1.74. The van der Waals surface area contributed by atoms with Crippen molar-refractivity contribution < 1.29 is 4.79 Å². The quantitative estimate of drug-likeness (QED) is 0.921. The Kier molecular flexibility index (Phi) is 4.10. The average Bonchev–Trinajstić information content (AvgIpc) is 2.52. The summed E-state index contributed by atoms with van der Waals surface area (Å²) in [6, 6.07) is 3.42. The van der Waals surface area contributed by atoms with Crippen LogP contribution in [0.25, 0.3) is 0 Å². The number of nitrogens with zero attached hydrogens (tertiary/aromatic N) is 4. The Hall–Kier alpha value is -2.02. The number of halogens is 1. The molecule has 1 N–H and O–H groups in total. The van der Waals surface area contributed by atoms with Crippen molar-refractivity contribution in [3.8, 4) is 0 Å². The van der Waals surface area contributed by atoms with Crippen molar-refractivity contribution >= 4 is 33.5 Å². The molecule has 1 saturated heterocycles. The molecule has 1 unspecified atom stereocenters. The van der Waals surface area contributed by atoms with Crippen molar-refractivity contribution in [2.75, 3.05) is 16.8 Å². The molecule has 0 aromatic carbocycles. The second kappa shape index (κ2) is 6.17. The van der Waals surface area contributed by atoms with Gasteiger partial charge >= 0.3 is 0 Å². The molecule has 1 atom stereocenters. The van der Waals surface area contributed by atoms with Crippen LogP contribution >= 0.6 is 15.9 Å². The lowest BCUT2D eigenvalue weighted by Gasteiger charge is -2.32. The second-order valence-electron chi connectivity index (χ2n) is 4.77. The number of nitrogens with one attached hydrogen (secondary N) is 1. The third-order valence-electron chi connectivity index (χ3n) is 3.32. The van der Waals surface area contributed by atoms with Crippen molar-refractivity contribution in [2.24, 2.45) is 0 Å². The van der Waals surface area contributed by atoms with Gasteiger partial charge in [-0.1, -0.05) is 0 Å². The predicted octanol–water partition coefficient (Wildman–Crippen LogP) is 2.24. The van der Waals surface area contributed by atoms with E-state index in [-0.39, 0.29) is 11.9 Å². The molecule has 2 aromatic heterocycles. The van der Waals surface area contributed by atoms with E-state index in [2.05, 4.69) is 36.2 Å². The van der Waals surface area contributed by atoms with E-state index in [0.29, 0.717) is 12.5 Å². The highest BCUT2D eigenvalue weighted by atomic mass is 79.9. The van der Waals surface area contributed by atoms with Crippen molar-refractivity contribution in [3.05, 3.63) is 41.4 Å². The van der Waals surface area contributed by atoms with Gasteiger partial charge in [0.2, 0.25) is 11.9 Å². The van der Waals surface area contributed by atoms with Gasteiger partial charge in [0.05, 0.1) is 16.4 Å². The zero-order chi connectivity index (χ0) is 14.7. The lowest BCUT2D eigenvalue weighted by molar-refractivity contribution is -0.120. The van der Waals surface area contributed by atoms with Crippen LogP contribution in [-0.4, -0.2) is 33.4 Å². The molecule has 3 heterocycles. The molecule has 108 valence electrons. The Morgan fingerprint density at radius 3 is 2.81 bits per heavy atom. The Labute approximate surface area is 130 Å². The Morgan fingerprint density at radius 2 is 2.10 bits per heavy atom. The fourth-order valence-electron chi connectivity index (χ4n) is 2.32. The number of pyridine rings is 1. The normalized spacial score (nSPS) is 18.6. The van der Waals surface area contributed by atoms with Crippen LogP contribution in [0.4, 0.5) is 11.6 Å². The molecule has 1 aliphatic heterocycles. The fraction of sp³-hybridized carbons (Fsp3) is 0.286. The number of rotatable bonds is 3. The summed E-state index contributed by atoms with van der Waals surface area (Å²) in [6.45, 7) is 0.712. The van der Waals surface area contributed by atoms with Gasteiger partial charge in [0.25, 0.3) is 0 Å². The van der Waals surface area contributed by atoms with E-state index in [0.717, 1.165) is 23.0 Å². The van der Waals surface area contributed by atoms with E-state index in [1.54, 1.807) is 29.7 Å². The molecule has 0 spiro atoms. The number of piperidine rings is 1. The summed E-state index contributed by atoms with van der Waals surface area (Å²) >= 11 is 3.29. The standard InChI is InChI=1S/C14H14BrN5O/c15-10-7-17-14(18-8-10)19-12-4-2-6-20(13(12)21)11-3-1-5-16-9-11/h1,3,5,7-9,12H,2,4,6H2,(H,17,18,19). The zero-order valence-corrected chi connectivity index (χ0v) is 12.8. The maximum Gasteiger partial charge on any atom is 0.249 e. The molecular weight excluding hydrogens is 334 g/mol. The van der Waals surface area contributed by atoms with Crippen molar-refractivity contribution in [1.29, 1.82) is 0 Å². The highest BCUT2D eigenvalue weighted by Crippen LogP contribution is 2.21. The number of anilines is 2. The molecule has 0 radical (unpaired) electrons. The molecule has 21 heavy (non-hydrogen) atoms. The lowest BCUT2D eigenvalue weighted by Crippen LogP contribution is -2.48. The molecule has 0 saturated carbocycles. The fourth-order valence-corrected chi connectivity index (χ4v) is 2.53. The third-order valence-corrected chi connectivity index (χ3v) is 3.73. The average molecular weight is 348 g/mol. The van der Waals surface area contributed by atoms with Gasteiger partial charge in [-0.25, -0.2) is 9.97 Å². The zero-order valence-electron chi connectivity index (χ0n) is 11.2. The molecule has 1 fully saturated rings. The minimum Gasteiger partial charge on any atom is -0.342 e. The van der Waals surface area contributed by atoms with Gasteiger partial charge in [-0.05, 0) is 40.9 Å². The SMILES string of the molecule is O=C1C(Nc2ncc(Br)cn2)CCCN1c1cccnc1. The van der Waals surface area contributed by atoms with Gasteiger partial charge in [0.1, 0.15) is 6.04 Å². The van der Waals surface area contributed by atoms with Gasteiger partial charge in [-0.2, -0.15) is 0 Å². The van der Waals surface area contributed by atoms with E-state index in [9.17, 15) is 4.79 Å². The summed E-state index contributed by atoms with van der Waals surface area (Å²) in [4.78, 5) is 26.7. The molecule has 7 heteroatoms. The number of amides is 1. The van der Waals surface area contributed by atoms with Gasteiger partial charge < -0.3 is 10.2 Å². The summed E-state index contributed by atoms with van der Waals surface area (Å²) < 4.78 is 0.806. The lowest BCUT2D eigenvalue weighted by atomic mass is 10.0. The van der Waals surface area contributed by atoms with Gasteiger partial charge in [-0.3, -0.25) is 9.78 Å². The maximum absolute atomic E-state index is 12.6. The minimum absolute atomic E-state index is 0.0285. The summed E-state index contributed by atoms with van der Waals surface area (Å²) in [7, 11) is 0. The first-order chi connectivity index (χ1) is 10.2. The summed E-state index contributed by atoms with van der Waals surface area (Å²) in [5.74, 6) is 0.491. The van der Waals surface area contributed by atoms with Gasteiger partial charge in [-0.15, -0.1) is 0 Å². The second-order valence-corrected chi connectivity index (χ2v) is 5.68. The first-order valence-corrected chi connectivity index (χ1v) is 7.49. The van der Waals surface area contributed by atoms with E-state index < -0.39 is 0 Å². The highest BCUT2D eigenvalue weighted by Gasteiger charge is 2.30. The highest BCUT2D eigenvalue weighted by molar-refractivity contribution is 9.10. The van der Waals surface area contributed by atoms with Crippen molar-refractivity contribution in [2.45, 2.75) is 18.9 Å². The molecule has 1 aliphatic rings. The van der Waals surface area contributed by atoms with Gasteiger partial charge in [0.15, 0.2) is 0 Å². The monoisotopic (exact) mass is 347 g/mol. The smallest absolute Gasteiger partial charge is 0.249 e. The van der Waals surface area contributed by atoms with E-state index in [1.807, 2.05) is 12.1 Å². The largest absolute Gasteiger partial charge is 0.342 e. The van der Waals surface area contributed by atoms with Crippen LogP contribution < -0.4 is 10.2 Å². The molecular formula is C14H14BrN5O. The van der Waals surface area contributed by atoms with E-state index in [1.165, 1.54) is 0 Å². The predicted molar refractivity (Wildman–Crippen MR) is 83.0 cm³/mol. The number of aromatic nitrogens is 3. The van der Waals surface area contributed by atoms with E-state index in [4.69, 9.17) is 0 Å². The molecule has 2 aromatic rings. The van der Waals surface area contributed by atoms with Crippen molar-refractivity contribution in [1.82, 2.24) is 15.0 Å². The Bertz CT molecular complexity index is 619. The molecule has 0 aliphatic carbocycles. The van der Waals surface area contributed by atoms with Gasteiger partial charge in [0, 0.05) is 25.1 Å². The molecule has 0 bridgehead atoms. The topological polar surface area (TPSA) is 71.0 Å². The van der Waals surface area contributed by atoms with Crippen LogP contribution in [0, 0.1) is 0 Å².